The molecule has 10 heteroatoms. The summed E-state index contributed by atoms with van der Waals surface area (Å²) in [6.07, 6.45) is -6.56. The molecule has 0 bridgehead atoms. The van der Waals surface area contributed by atoms with Gasteiger partial charge in [-0.3, -0.25) is 4.18 Å². The van der Waals surface area contributed by atoms with E-state index in [0.29, 0.717) is 5.56 Å². The normalized spacial score (nSPS) is 21.3. The Labute approximate surface area is 118 Å². The van der Waals surface area contributed by atoms with Crippen LogP contribution in [0.2, 0.25) is 0 Å². The van der Waals surface area contributed by atoms with E-state index in [0.717, 1.165) is 0 Å². The number of nitrogens with zero attached hydrogens (tertiary/aromatic N) is 1. The van der Waals surface area contributed by atoms with Crippen LogP contribution in [-0.4, -0.2) is 37.6 Å². The minimum Gasteiger partial charge on any atom is -0.444 e. The lowest BCUT2D eigenvalue weighted by Gasteiger charge is -2.21. The van der Waals surface area contributed by atoms with Crippen LogP contribution in [-0.2, 0) is 25.8 Å². The maximum absolute atomic E-state index is 12.7. The van der Waals surface area contributed by atoms with Crippen molar-refractivity contribution >= 4 is 16.4 Å². The second-order valence-corrected chi connectivity index (χ2v) is 5.62. The van der Waals surface area contributed by atoms with Crippen LogP contribution in [0.5, 0.6) is 0 Å². The van der Waals surface area contributed by atoms with Crippen molar-refractivity contribution in [3.8, 4) is 0 Å². The second-order valence-electron chi connectivity index (χ2n) is 4.14. The molecule has 0 N–H and O–H groups in total. The van der Waals surface area contributed by atoms with E-state index in [-0.39, 0.29) is 6.61 Å². The highest BCUT2D eigenvalue weighted by molar-refractivity contribution is 7.85. The molecule has 116 valence electrons. The Balaban J connectivity index is 2.12. The van der Waals surface area contributed by atoms with Crippen LogP contribution in [0.15, 0.2) is 30.3 Å². The van der Waals surface area contributed by atoms with E-state index in [4.69, 9.17) is 0 Å². The third-order valence-electron chi connectivity index (χ3n) is 2.66. The summed E-state index contributed by atoms with van der Waals surface area (Å²) in [6.45, 7) is -1.53. The van der Waals surface area contributed by atoms with E-state index in [2.05, 4.69) is 8.92 Å². The SMILES string of the molecule is O=C(OCc1ccccc1)N1[C@H](C(F)(F)F)COS1(=O)=O. The molecule has 0 aromatic heterocycles. The van der Waals surface area contributed by atoms with E-state index < -0.39 is 39.5 Å². The lowest BCUT2D eigenvalue weighted by atomic mass is 10.2. The van der Waals surface area contributed by atoms with Crippen LogP contribution >= 0.6 is 0 Å². The first-order chi connectivity index (χ1) is 9.72. The maximum Gasteiger partial charge on any atom is 0.426 e. The molecule has 0 radical (unpaired) electrons. The zero-order chi connectivity index (χ0) is 15.7. The van der Waals surface area contributed by atoms with Crippen LogP contribution in [0.4, 0.5) is 18.0 Å². The molecule has 1 aromatic carbocycles. The van der Waals surface area contributed by atoms with Crippen molar-refractivity contribution in [3.05, 3.63) is 35.9 Å². The van der Waals surface area contributed by atoms with Crippen LogP contribution in [0, 0.1) is 0 Å². The van der Waals surface area contributed by atoms with Gasteiger partial charge in [-0.1, -0.05) is 30.3 Å². The molecule has 1 aromatic rings. The standard InChI is InChI=1S/C11H10F3NO5S/c12-11(13,14)9-7-20-21(17,18)15(9)10(16)19-6-8-4-2-1-3-5-8/h1-5,9H,6-7H2/t9-/m0/s1. The van der Waals surface area contributed by atoms with Gasteiger partial charge in [-0.25, -0.2) is 4.79 Å². The molecule has 0 unspecified atom stereocenters. The fourth-order valence-electron chi connectivity index (χ4n) is 1.66. The van der Waals surface area contributed by atoms with Gasteiger partial charge in [0.1, 0.15) is 6.61 Å². The molecule has 1 saturated heterocycles. The van der Waals surface area contributed by atoms with Crippen molar-refractivity contribution in [3.63, 3.8) is 0 Å². The van der Waals surface area contributed by atoms with Gasteiger partial charge in [0.05, 0.1) is 6.61 Å². The number of amides is 1. The number of alkyl halides is 3. The molecule has 21 heavy (non-hydrogen) atoms. The van der Waals surface area contributed by atoms with Crippen LogP contribution in [0.25, 0.3) is 0 Å². The Morgan fingerprint density at radius 2 is 1.95 bits per heavy atom. The van der Waals surface area contributed by atoms with Gasteiger partial charge in [-0.05, 0) is 5.56 Å². The van der Waals surface area contributed by atoms with Gasteiger partial charge in [-0.2, -0.15) is 25.9 Å². The van der Waals surface area contributed by atoms with Crippen LogP contribution in [0.3, 0.4) is 0 Å². The molecule has 0 aliphatic carbocycles. The molecule has 1 amide bonds. The number of benzene rings is 1. The predicted octanol–water partition coefficient (Wildman–Crippen LogP) is 1.83. The maximum atomic E-state index is 12.7. The van der Waals surface area contributed by atoms with Gasteiger partial charge in [0.15, 0.2) is 6.04 Å². The number of carbonyl (C=O) groups excluding carboxylic acids is 1. The summed E-state index contributed by atoms with van der Waals surface area (Å²) in [5.74, 6) is 0. The number of hydrogen-bond acceptors (Lipinski definition) is 5. The van der Waals surface area contributed by atoms with Crippen molar-refractivity contribution in [2.45, 2.75) is 18.8 Å². The fourth-order valence-corrected chi connectivity index (χ4v) is 2.80. The van der Waals surface area contributed by atoms with Gasteiger partial charge in [0.25, 0.3) is 0 Å². The van der Waals surface area contributed by atoms with E-state index in [1.165, 1.54) is 0 Å². The third kappa shape index (κ3) is 3.45. The first kappa shape index (κ1) is 15.6. The molecule has 1 atom stereocenters. The first-order valence-electron chi connectivity index (χ1n) is 5.68. The summed E-state index contributed by atoms with van der Waals surface area (Å²) < 4.78 is 69.0. The van der Waals surface area contributed by atoms with E-state index in [9.17, 15) is 26.4 Å². The number of carbonyl (C=O) groups is 1. The molecule has 1 fully saturated rings. The highest BCUT2D eigenvalue weighted by Gasteiger charge is 2.56. The number of halogens is 3. The summed E-state index contributed by atoms with van der Waals surface area (Å²) in [6, 6.07) is 5.54. The predicted molar refractivity (Wildman–Crippen MR) is 63.2 cm³/mol. The Kier molecular flexibility index (Phi) is 4.10. The van der Waals surface area contributed by atoms with Gasteiger partial charge < -0.3 is 4.74 Å². The van der Waals surface area contributed by atoms with E-state index >= 15 is 0 Å². The topological polar surface area (TPSA) is 72.9 Å². The zero-order valence-corrected chi connectivity index (χ0v) is 11.2. The summed E-state index contributed by atoms with van der Waals surface area (Å²) in [7, 11) is -4.78. The Hall–Kier alpha value is -1.81. The van der Waals surface area contributed by atoms with Gasteiger partial charge in [0, 0.05) is 0 Å². The molecular formula is C11H10F3NO5S. The third-order valence-corrected chi connectivity index (χ3v) is 3.98. The Bertz CT molecular complexity index is 616. The molecular weight excluding hydrogens is 315 g/mol. The van der Waals surface area contributed by atoms with Gasteiger partial charge in [0.2, 0.25) is 0 Å². The molecule has 6 nitrogen and oxygen atoms in total. The van der Waals surface area contributed by atoms with Crippen LogP contribution in [0.1, 0.15) is 5.56 Å². The van der Waals surface area contributed by atoms with E-state index in [1.807, 2.05) is 0 Å². The lowest BCUT2D eigenvalue weighted by Crippen LogP contribution is -2.47. The van der Waals surface area contributed by atoms with Crippen molar-refractivity contribution in [2.24, 2.45) is 0 Å². The molecule has 1 aliphatic heterocycles. The smallest absolute Gasteiger partial charge is 0.426 e. The fraction of sp³-hybridized carbons (Fsp3) is 0.364. The largest absolute Gasteiger partial charge is 0.444 e. The second kappa shape index (κ2) is 5.53. The Morgan fingerprint density at radius 3 is 2.52 bits per heavy atom. The molecule has 0 spiro atoms. The minimum atomic E-state index is -4.94. The Morgan fingerprint density at radius 1 is 1.33 bits per heavy atom. The zero-order valence-electron chi connectivity index (χ0n) is 10.4. The summed E-state index contributed by atoms with van der Waals surface area (Å²) in [5, 5.41) is 0. The van der Waals surface area contributed by atoms with Crippen molar-refractivity contribution in [1.82, 2.24) is 4.31 Å². The van der Waals surface area contributed by atoms with E-state index in [1.54, 1.807) is 30.3 Å². The summed E-state index contributed by atoms with van der Waals surface area (Å²) in [4.78, 5) is 11.6. The highest BCUT2D eigenvalue weighted by atomic mass is 32.2. The number of ether oxygens (including phenoxy) is 1. The van der Waals surface area contributed by atoms with Crippen molar-refractivity contribution in [1.29, 1.82) is 0 Å². The monoisotopic (exact) mass is 325 g/mol. The molecule has 0 saturated carbocycles. The summed E-state index contributed by atoms with van der Waals surface area (Å²) in [5.41, 5.74) is 0.506. The quantitative estimate of drug-likeness (QED) is 0.829. The average molecular weight is 325 g/mol. The number of rotatable bonds is 2. The molecule has 1 heterocycles. The first-order valence-corrected chi connectivity index (χ1v) is 7.04. The van der Waals surface area contributed by atoms with Crippen LogP contribution < -0.4 is 0 Å². The average Bonchev–Trinajstić information content (AvgIpc) is 2.73. The van der Waals surface area contributed by atoms with Gasteiger partial charge in [-0.15, -0.1) is 0 Å². The van der Waals surface area contributed by atoms with Crippen molar-refractivity contribution < 1.29 is 35.3 Å². The lowest BCUT2D eigenvalue weighted by molar-refractivity contribution is -0.167. The highest BCUT2D eigenvalue weighted by Crippen LogP contribution is 2.32. The summed E-state index contributed by atoms with van der Waals surface area (Å²) >= 11 is 0. The minimum absolute atomic E-state index is 0.351. The molecule has 2 rings (SSSR count). The molecule has 1 aliphatic rings. The van der Waals surface area contributed by atoms with Gasteiger partial charge >= 0.3 is 22.6 Å². The van der Waals surface area contributed by atoms with Crippen molar-refractivity contribution in [2.75, 3.05) is 6.61 Å². The number of hydrogen-bond donors (Lipinski definition) is 0.